The summed E-state index contributed by atoms with van der Waals surface area (Å²) < 4.78 is 5.04. The van der Waals surface area contributed by atoms with E-state index in [-0.39, 0.29) is 0 Å². The molecule has 0 amide bonds. The third kappa shape index (κ3) is 8.06. The van der Waals surface area contributed by atoms with Gasteiger partial charge in [0, 0.05) is 13.7 Å². The van der Waals surface area contributed by atoms with Gasteiger partial charge >= 0.3 is 0 Å². The molecule has 12 heavy (non-hydrogen) atoms. The van der Waals surface area contributed by atoms with E-state index in [1.165, 1.54) is 25.7 Å². The van der Waals surface area contributed by atoms with Crippen molar-refractivity contribution in [2.45, 2.75) is 46.5 Å². The minimum atomic E-state index is 0.837. The van der Waals surface area contributed by atoms with Gasteiger partial charge in [0.05, 0.1) is 0 Å². The summed E-state index contributed by atoms with van der Waals surface area (Å²) in [6.07, 6.45) is 5.33. The highest BCUT2D eigenvalue weighted by atomic mass is 16.5. The van der Waals surface area contributed by atoms with Crippen molar-refractivity contribution in [3.8, 4) is 0 Å². The van der Waals surface area contributed by atoms with Crippen LogP contribution in [0.2, 0.25) is 0 Å². The van der Waals surface area contributed by atoms with Crippen molar-refractivity contribution in [2.24, 2.45) is 11.8 Å². The van der Waals surface area contributed by atoms with Gasteiger partial charge in [0.25, 0.3) is 0 Å². The molecule has 0 aromatic carbocycles. The first kappa shape index (κ1) is 12.0. The molecular formula is C11H24O. The van der Waals surface area contributed by atoms with Crippen LogP contribution in [-0.2, 0) is 4.74 Å². The summed E-state index contributed by atoms with van der Waals surface area (Å²) in [6, 6.07) is 0. The van der Waals surface area contributed by atoms with Gasteiger partial charge in [0.15, 0.2) is 0 Å². The molecule has 0 aromatic rings. The van der Waals surface area contributed by atoms with Crippen molar-refractivity contribution >= 4 is 0 Å². The van der Waals surface area contributed by atoms with Crippen LogP contribution in [0.25, 0.3) is 0 Å². The Hall–Kier alpha value is -0.0400. The predicted molar refractivity (Wildman–Crippen MR) is 54.3 cm³/mol. The molecule has 0 aromatic heterocycles. The van der Waals surface area contributed by atoms with Gasteiger partial charge in [0.1, 0.15) is 0 Å². The second kappa shape index (κ2) is 7.60. The molecule has 74 valence electrons. The van der Waals surface area contributed by atoms with Gasteiger partial charge in [-0.3, -0.25) is 0 Å². The van der Waals surface area contributed by atoms with E-state index >= 15 is 0 Å². The van der Waals surface area contributed by atoms with Crippen LogP contribution in [0.3, 0.4) is 0 Å². The average Bonchev–Trinajstić information content (AvgIpc) is 2.00. The van der Waals surface area contributed by atoms with Crippen LogP contribution in [-0.4, -0.2) is 13.7 Å². The molecule has 0 fully saturated rings. The first-order valence-electron chi connectivity index (χ1n) is 5.15. The van der Waals surface area contributed by atoms with E-state index in [1.54, 1.807) is 7.11 Å². The molecule has 1 atom stereocenters. The first-order chi connectivity index (χ1) is 5.66. The second-order valence-electron chi connectivity index (χ2n) is 4.21. The van der Waals surface area contributed by atoms with Crippen molar-refractivity contribution in [1.82, 2.24) is 0 Å². The lowest BCUT2D eigenvalue weighted by Crippen LogP contribution is -2.00. The normalized spacial score (nSPS) is 13.8. The van der Waals surface area contributed by atoms with Gasteiger partial charge in [-0.15, -0.1) is 0 Å². The summed E-state index contributed by atoms with van der Waals surface area (Å²) in [5.74, 6) is 1.70. The van der Waals surface area contributed by atoms with Crippen LogP contribution < -0.4 is 0 Å². The molecule has 1 heteroatoms. The lowest BCUT2D eigenvalue weighted by Gasteiger charge is -2.11. The van der Waals surface area contributed by atoms with Gasteiger partial charge in [-0.1, -0.05) is 40.0 Å². The minimum Gasteiger partial charge on any atom is -0.385 e. The van der Waals surface area contributed by atoms with E-state index in [0.29, 0.717) is 0 Å². The number of rotatable bonds is 7. The third-order valence-corrected chi connectivity index (χ3v) is 2.29. The van der Waals surface area contributed by atoms with E-state index in [1.807, 2.05) is 0 Å². The quantitative estimate of drug-likeness (QED) is 0.571. The van der Waals surface area contributed by atoms with Crippen molar-refractivity contribution in [2.75, 3.05) is 13.7 Å². The average molecular weight is 172 g/mol. The molecule has 0 aliphatic rings. The van der Waals surface area contributed by atoms with Crippen LogP contribution in [0.1, 0.15) is 46.5 Å². The van der Waals surface area contributed by atoms with Gasteiger partial charge < -0.3 is 4.74 Å². The topological polar surface area (TPSA) is 9.23 Å². The lowest BCUT2D eigenvalue weighted by atomic mass is 9.98. The molecule has 0 heterocycles. The summed E-state index contributed by atoms with van der Waals surface area (Å²) in [4.78, 5) is 0. The number of methoxy groups -OCH3 is 1. The summed E-state index contributed by atoms with van der Waals surface area (Å²) in [6.45, 7) is 7.82. The van der Waals surface area contributed by atoms with E-state index in [0.717, 1.165) is 18.4 Å². The SMILES string of the molecule is COCC[C@@H](C)CCCC(C)C. The van der Waals surface area contributed by atoms with Gasteiger partial charge in [-0.2, -0.15) is 0 Å². The highest BCUT2D eigenvalue weighted by molar-refractivity contribution is 4.54. The molecule has 0 aliphatic carbocycles. The van der Waals surface area contributed by atoms with Gasteiger partial charge in [0.2, 0.25) is 0 Å². The fourth-order valence-electron chi connectivity index (χ4n) is 1.34. The Labute approximate surface area is 77.5 Å². The van der Waals surface area contributed by atoms with Crippen molar-refractivity contribution in [1.29, 1.82) is 0 Å². The van der Waals surface area contributed by atoms with E-state index in [2.05, 4.69) is 20.8 Å². The van der Waals surface area contributed by atoms with Gasteiger partial charge in [-0.25, -0.2) is 0 Å². The Morgan fingerprint density at radius 2 is 1.67 bits per heavy atom. The highest BCUT2D eigenvalue weighted by Crippen LogP contribution is 2.14. The zero-order valence-electron chi connectivity index (χ0n) is 9.10. The summed E-state index contributed by atoms with van der Waals surface area (Å²) in [7, 11) is 1.78. The minimum absolute atomic E-state index is 0.837. The molecule has 0 saturated heterocycles. The number of hydrogen-bond donors (Lipinski definition) is 0. The maximum absolute atomic E-state index is 5.04. The lowest BCUT2D eigenvalue weighted by molar-refractivity contribution is 0.177. The van der Waals surface area contributed by atoms with Crippen LogP contribution in [0.4, 0.5) is 0 Å². The molecule has 0 unspecified atom stereocenters. The molecule has 1 nitrogen and oxygen atoms in total. The summed E-state index contributed by atoms with van der Waals surface area (Å²) >= 11 is 0. The van der Waals surface area contributed by atoms with Gasteiger partial charge in [-0.05, 0) is 18.3 Å². The standard InChI is InChI=1S/C11H24O/c1-10(2)6-5-7-11(3)8-9-12-4/h10-11H,5-9H2,1-4H3/t11-/m0/s1. The first-order valence-corrected chi connectivity index (χ1v) is 5.15. The summed E-state index contributed by atoms with van der Waals surface area (Å²) in [5, 5.41) is 0. The molecule has 0 aliphatic heterocycles. The maximum atomic E-state index is 5.04. The third-order valence-electron chi connectivity index (χ3n) is 2.29. The van der Waals surface area contributed by atoms with Crippen LogP contribution >= 0.6 is 0 Å². The molecule has 0 saturated carbocycles. The molecule has 0 spiro atoms. The van der Waals surface area contributed by atoms with Crippen molar-refractivity contribution in [3.05, 3.63) is 0 Å². The molecule has 0 N–H and O–H groups in total. The van der Waals surface area contributed by atoms with Crippen molar-refractivity contribution in [3.63, 3.8) is 0 Å². The Kier molecular flexibility index (Phi) is 7.58. The monoisotopic (exact) mass is 172 g/mol. The smallest absolute Gasteiger partial charge is 0.0464 e. The Morgan fingerprint density at radius 1 is 1.00 bits per heavy atom. The molecule has 0 radical (unpaired) electrons. The van der Waals surface area contributed by atoms with Crippen LogP contribution in [0.5, 0.6) is 0 Å². The zero-order valence-corrected chi connectivity index (χ0v) is 9.10. The highest BCUT2D eigenvalue weighted by Gasteiger charge is 2.02. The summed E-state index contributed by atoms with van der Waals surface area (Å²) in [5.41, 5.74) is 0. The predicted octanol–water partition coefficient (Wildman–Crippen LogP) is 3.49. The van der Waals surface area contributed by atoms with Crippen molar-refractivity contribution < 1.29 is 4.74 Å². The Bertz CT molecular complexity index is 89.0. The molecular weight excluding hydrogens is 148 g/mol. The number of hydrogen-bond acceptors (Lipinski definition) is 1. The largest absolute Gasteiger partial charge is 0.385 e. The van der Waals surface area contributed by atoms with E-state index in [9.17, 15) is 0 Å². The fourth-order valence-corrected chi connectivity index (χ4v) is 1.34. The van der Waals surface area contributed by atoms with E-state index < -0.39 is 0 Å². The Balaban J connectivity index is 3.13. The van der Waals surface area contributed by atoms with Crippen LogP contribution in [0.15, 0.2) is 0 Å². The Morgan fingerprint density at radius 3 is 2.17 bits per heavy atom. The fraction of sp³-hybridized carbons (Fsp3) is 1.00. The van der Waals surface area contributed by atoms with E-state index in [4.69, 9.17) is 4.74 Å². The molecule has 0 rings (SSSR count). The maximum Gasteiger partial charge on any atom is 0.0464 e. The number of ether oxygens (including phenoxy) is 1. The second-order valence-corrected chi connectivity index (χ2v) is 4.21. The molecule has 0 bridgehead atoms. The van der Waals surface area contributed by atoms with Crippen LogP contribution in [0, 0.1) is 11.8 Å². The zero-order chi connectivity index (χ0) is 9.40.